The summed E-state index contributed by atoms with van der Waals surface area (Å²) < 4.78 is 13.0. The molecule has 0 fully saturated rings. The number of nitrogens with one attached hydrogen (secondary N) is 1. The summed E-state index contributed by atoms with van der Waals surface area (Å²) in [6.07, 6.45) is 0. The van der Waals surface area contributed by atoms with Crippen molar-refractivity contribution in [2.75, 3.05) is 0 Å². The van der Waals surface area contributed by atoms with Crippen LogP contribution in [0, 0.1) is 11.2 Å². The van der Waals surface area contributed by atoms with Gasteiger partial charge in [0.15, 0.2) is 6.04 Å². The molecule has 1 aromatic carbocycles. The lowest BCUT2D eigenvalue weighted by atomic mass is 9.86. The average molecular weight is 297 g/mol. The summed E-state index contributed by atoms with van der Waals surface area (Å²) >= 11 is 5.66. The second-order valence-corrected chi connectivity index (χ2v) is 5.91. The molecule has 1 aliphatic rings. The number of azo groups is 1. The van der Waals surface area contributed by atoms with Crippen LogP contribution < -0.4 is 5.32 Å². The van der Waals surface area contributed by atoms with Gasteiger partial charge in [0.05, 0.1) is 10.7 Å². The standard InChI is InChI=1S/C13H14ClFN4O/c1-13(2,3)10-11(20)17-12(19-18-10)16-7-4-5-9(15)8(14)6-7/h4-6,10H,1-3H3,(H,16,17,20). The first-order valence-electron chi connectivity index (χ1n) is 6.03. The molecule has 1 amide bonds. The predicted molar refractivity (Wildman–Crippen MR) is 74.7 cm³/mol. The molecule has 1 aliphatic heterocycles. The van der Waals surface area contributed by atoms with Crippen molar-refractivity contribution in [1.29, 1.82) is 0 Å². The van der Waals surface area contributed by atoms with Gasteiger partial charge in [-0.15, -0.1) is 5.11 Å². The summed E-state index contributed by atoms with van der Waals surface area (Å²) in [6, 6.07) is 3.42. The molecule has 7 heteroatoms. The van der Waals surface area contributed by atoms with Crippen LogP contribution in [0.4, 0.5) is 10.1 Å². The molecule has 1 N–H and O–H groups in total. The van der Waals surface area contributed by atoms with Crippen LogP contribution >= 0.6 is 11.6 Å². The molecule has 0 bridgehead atoms. The van der Waals surface area contributed by atoms with Gasteiger partial charge in [-0.3, -0.25) is 10.1 Å². The number of amides is 1. The van der Waals surface area contributed by atoms with E-state index in [0.717, 1.165) is 0 Å². The SMILES string of the molecule is CC(C)(C)C1N=NC(=Nc2ccc(F)c(Cl)c2)NC1=O. The third-order valence-corrected chi connectivity index (χ3v) is 3.00. The van der Waals surface area contributed by atoms with Crippen molar-refractivity contribution in [1.82, 2.24) is 5.32 Å². The topological polar surface area (TPSA) is 66.2 Å². The molecule has 5 nitrogen and oxygen atoms in total. The fraction of sp³-hybridized carbons (Fsp3) is 0.385. The molecular weight excluding hydrogens is 283 g/mol. The van der Waals surface area contributed by atoms with Crippen molar-refractivity contribution in [2.24, 2.45) is 20.6 Å². The van der Waals surface area contributed by atoms with Gasteiger partial charge < -0.3 is 0 Å². The van der Waals surface area contributed by atoms with Crippen LogP contribution in [0.15, 0.2) is 33.4 Å². The Morgan fingerprint density at radius 2 is 2.10 bits per heavy atom. The number of guanidine groups is 1. The lowest BCUT2D eigenvalue weighted by Gasteiger charge is -2.27. The van der Waals surface area contributed by atoms with Crippen molar-refractivity contribution in [3.05, 3.63) is 29.0 Å². The van der Waals surface area contributed by atoms with E-state index in [9.17, 15) is 9.18 Å². The lowest BCUT2D eigenvalue weighted by Crippen LogP contribution is -2.46. The number of benzene rings is 1. The normalized spacial score (nSPS) is 21.1. The van der Waals surface area contributed by atoms with Crippen LogP contribution in [0.25, 0.3) is 0 Å². The maximum absolute atomic E-state index is 13.0. The number of rotatable bonds is 1. The second-order valence-electron chi connectivity index (χ2n) is 5.51. The summed E-state index contributed by atoms with van der Waals surface area (Å²) in [5, 5.41) is 10.4. The third-order valence-electron chi connectivity index (χ3n) is 2.71. The highest BCUT2D eigenvalue weighted by Gasteiger charge is 2.34. The van der Waals surface area contributed by atoms with Gasteiger partial charge in [-0.25, -0.2) is 9.38 Å². The van der Waals surface area contributed by atoms with E-state index in [4.69, 9.17) is 11.6 Å². The first-order valence-corrected chi connectivity index (χ1v) is 6.40. The van der Waals surface area contributed by atoms with Crippen molar-refractivity contribution in [3.63, 3.8) is 0 Å². The Balaban J connectivity index is 2.25. The number of carbonyl (C=O) groups is 1. The van der Waals surface area contributed by atoms with Crippen molar-refractivity contribution < 1.29 is 9.18 Å². The second kappa shape index (κ2) is 5.28. The Labute approximate surface area is 121 Å². The molecule has 2 rings (SSSR count). The van der Waals surface area contributed by atoms with Crippen LogP contribution in [-0.4, -0.2) is 17.9 Å². The van der Waals surface area contributed by atoms with Gasteiger partial charge in [-0.1, -0.05) is 32.4 Å². The molecule has 20 heavy (non-hydrogen) atoms. The first kappa shape index (κ1) is 14.6. The summed E-state index contributed by atoms with van der Waals surface area (Å²) in [7, 11) is 0. The van der Waals surface area contributed by atoms with Gasteiger partial charge in [-0.2, -0.15) is 5.11 Å². The Hall–Kier alpha value is -1.82. The molecule has 1 aromatic rings. The van der Waals surface area contributed by atoms with Gasteiger partial charge in [0, 0.05) is 0 Å². The molecule has 0 radical (unpaired) electrons. The van der Waals surface area contributed by atoms with Crippen molar-refractivity contribution >= 4 is 29.2 Å². The molecule has 0 spiro atoms. The zero-order chi connectivity index (χ0) is 14.9. The van der Waals surface area contributed by atoms with Gasteiger partial charge in [-0.05, 0) is 23.6 Å². The third kappa shape index (κ3) is 3.19. The highest BCUT2D eigenvalue weighted by Crippen LogP contribution is 2.25. The molecule has 0 saturated carbocycles. The lowest BCUT2D eigenvalue weighted by molar-refractivity contribution is -0.123. The van der Waals surface area contributed by atoms with E-state index < -0.39 is 11.9 Å². The Morgan fingerprint density at radius 3 is 2.65 bits per heavy atom. The predicted octanol–water partition coefficient (Wildman–Crippen LogP) is 3.46. The molecule has 1 heterocycles. The van der Waals surface area contributed by atoms with Crippen LogP contribution in [0.5, 0.6) is 0 Å². The Bertz CT molecular complexity index is 607. The molecule has 0 saturated heterocycles. The minimum Gasteiger partial charge on any atom is -0.291 e. The van der Waals surface area contributed by atoms with Gasteiger partial charge in [0.2, 0.25) is 5.96 Å². The molecule has 0 aromatic heterocycles. The van der Waals surface area contributed by atoms with Crippen LogP contribution in [0.1, 0.15) is 20.8 Å². The van der Waals surface area contributed by atoms with Crippen LogP contribution in [0.3, 0.4) is 0 Å². The summed E-state index contributed by atoms with van der Waals surface area (Å²) in [4.78, 5) is 16.0. The summed E-state index contributed by atoms with van der Waals surface area (Å²) in [5.74, 6) is -0.727. The monoisotopic (exact) mass is 296 g/mol. The van der Waals surface area contributed by atoms with E-state index in [1.165, 1.54) is 18.2 Å². The largest absolute Gasteiger partial charge is 0.291 e. The highest BCUT2D eigenvalue weighted by atomic mass is 35.5. The number of hydrogen-bond acceptors (Lipinski definition) is 3. The molecular formula is C13H14ClFN4O. The molecule has 1 atom stereocenters. The minimum atomic E-state index is -0.557. The quantitative estimate of drug-likeness (QED) is 0.847. The van der Waals surface area contributed by atoms with E-state index in [1.807, 2.05) is 20.8 Å². The van der Waals surface area contributed by atoms with Gasteiger partial charge in [0.25, 0.3) is 5.91 Å². The molecule has 106 valence electrons. The smallest absolute Gasteiger partial charge is 0.254 e. The van der Waals surface area contributed by atoms with Gasteiger partial charge in [0.1, 0.15) is 5.82 Å². The molecule has 0 aliphatic carbocycles. The van der Waals surface area contributed by atoms with Crippen LogP contribution in [-0.2, 0) is 4.79 Å². The summed E-state index contributed by atoms with van der Waals surface area (Å²) in [5.41, 5.74) is 0.0676. The first-order chi connectivity index (χ1) is 9.27. The molecule has 1 unspecified atom stereocenters. The summed E-state index contributed by atoms with van der Waals surface area (Å²) in [6.45, 7) is 5.70. The highest BCUT2D eigenvalue weighted by molar-refractivity contribution is 6.31. The maximum atomic E-state index is 13.0. The minimum absolute atomic E-state index is 0.0431. The van der Waals surface area contributed by atoms with E-state index in [-0.39, 0.29) is 22.3 Å². The number of halogens is 2. The fourth-order valence-corrected chi connectivity index (χ4v) is 1.84. The average Bonchev–Trinajstić information content (AvgIpc) is 2.32. The van der Waals surface area contributed by atoms with Gasteiger partial charge >= 0.3 is 0 Å². The van der Waals surface area contributed by atoms with E-state index in [0.29, 0.717) is 5.69 Å². The zero-order valence-corrected chi connectivity index (χ0v) is 12.1. The number of nitrogens with zero attached hydrogens (tertiary/aromatic N) is 3. The van der Waals surface area contributed by atoms with Crippen LogP contribution in [0.2, 0.25) is 5.02 Å². The van der Waals surface area contributed by atoms with E-state index >= 15 is 0 Å². The Morgan fingerprint density at radius 1 is 1.40 bits per heavy atom. The van der Waals surface area contributed by atoms with Crippen molar-refractivity contribution in [2.45, 2.75) is 26.8 Å². The van der Waals surface area contributed by atoms with Crippen molar-refractivity contribution in [3.8, 4) is 0 Å². The number of aliphatic imine (C=N–C) groups is 1. The fourth-order valence-electron chi connectivity index (χ4n) is 1.66. The number of hydrogen-bond donors (Lipinski definition) is 1. The van der Waals surface area contributed by atoms with E-state index in [1.54, 1.807) is 0 Å². The zero-order valence-electron chi connectivity index (χ0n) is 11.3. The Kier molecular flexibility index (Phi) is 3.85. The maximum Gasteiger partial charge on any atom is 0.254 e. The van der Waals surface area contributed by atoms with E-state index in [2.05, 4.69) is 20.5 Å². The number of carbonyl (C=O) groups excluding carboxylic acids is 1.